The van der Waals surface area contributed by atoms with Gasteiger partial charge in [0.05, 0.1) is 6.10 Å². The van der Waals surface area contributed by atoms with E-state index in [0.717, 1.165) is 43.6 Å². The van der Waals surface area contributed by atoms with Crippen LogP contribution in [0.2, 0.25) is 0 Å². The lowest BCUT2D eigenvalue weighted by atomic mass is 10.2. The lowest BCUT2D eigenvalue weighted by molar-refractivity contribution is 0.192. The fraction of sp³-hybridized carbons (Fsp3) is 0.400. The monoisotopic (exact) mass is 316 g/mol. The molecule has 0 atom stereocenters. The Bertz CT molecular complexity index is 528. The third-order valence-electron chi connectivity index (χ3n) is 3.60. The maximum absolute atomic E-state index is 7.00. The van der Waals surface area contributed by atoms with Gasteiger partial charge < -0.3 is 14.6 Å². The van der Waals surface area contributed by atoms with Crippen LogP contribution in [-0.4, -0.2) is 18.3 Å². The van der Waals surface area contributed by atoms with Crippen molar-refractivity contribution in [3.8, 4) is 17.2 Å². The van der Waals surface area contributed by atoms with Crippen molar-refractivity contribution < 1.29 is 14.6 Å². The number of hydrogen-bond donors (Lipinski definition) is 1. The fourth-order valence-electron chi connectivity index (χ4n) is 2.16. The van der Waals surface area contributed by atoms with Gasteiger partial charge in [0, 0.05) is 7.11 Å². The molecular weight excluding hydrogens is 288 g/mol. The Morgan fingerprint density at radius 3 is 1.61 bits per heavy atom. The van der Waals surface area contributed by atoms with E-state index in [1.54, 1.807) is 0 Å². The summed E-state index contributed by atoms with van der Waals surface area (Å²) in [7, 11) is 1.00. The molecule has 0 heterocycles. The topological polar surface area (TPSA) is 38.7 Å². The largest absolute Gasteiger partial charge is 0.490 e. The van der Waals surface area contributed by atoms with Crippen LogP contribution in [0, 0.1) is 0 Å². The average Bonchev–Trinajstić information content (AvgIpc) is 2.63. The van der Waals surface area contributed by atoms with Gasteiger partial charge >= 0.3 is 0 Å². The van der Waals surface area contributed by atoms with Gasteiger partial charge in [-0.3, -0.25) is 0 Å². The summed E-state index contributed by atoms with van der Waals surface area (Å²) in [5.74, 6) is 2.59. The summed E-state index contributed by atoms with van der Waals surface area (Å²) in [6.45, 7) is 6.44. The molecule has 0 aliphatic carbocycles. The standard InChI is InChI=1S/C19H24O2.CH4O/c1-4-15-7-9-17(10-8-15)21-19-13-11-18(12-14-19)20-16(5-2)6-3;1-2/h7-14,16H,4-6H2,1-3H3;2H,1H3. The molecule has 3 nitrogen and oxygen atoms in total. The molecule has 0 radical (unpaired) electrons. The molecule has 2 aromatic rings. The van der Waals surface area contributed by atoms with E-state index in [1.807, 2.05) is 36.4 Å². The van der Waals surface area contributed by atoms with Crippen LogP contribution in [-0.2, 0) is 6.42 Å². The molecule has 0 aliphatic heterocycles. The second-order valence-corrected chi connectivity index (χ2v) is 5.13. The molecule has 0 aliphatic rings. The Kier molecular flexibility index (Phi) is 8.85. The maximum atomic E-state index is 7.00. The summed E-state index contributed by atoms with van der Waals surface area (Å²) in [6.07, 6.45) is 3.39. The summed E-state index contributed by atoms with van der Waals surface area (Å²) in [6, 6.07) is 16.0. The zero-order valence-corrected chi connectivity index (χ0v) is 14.6. The van der Waals surface area contributed by atoms with Gasteiger partial charge in [0.25, 0.3) is 0 Å². The number of aliphatic hydroxyl groups excluding tert-OH is 1. The van der Waals surface area contributed by atoms with E-state index in [1.165, 1.54) is 5.56 Å². The summed E-state index contributed by atoms with van der Waals surface area (Å²) in [5.41, 5.74) is 1.32. The first-order chi connectivity index (χ1) is 11.2. The van der Waals surface area contributed by atoms with Crippen molar-refractivity contribution >= 4 is 0 Å². The molecule has 0 saturated carbocycles. The number of hydrogen-bond acceptors (Lipinski definition) is 3. The third kappa shape index (κ3) is 6.33. The number of ether oxygens (including phenoxy) is 2. The van der Waals surface area contributed by atoms with Crippen LogP contribution in [0.1, 0.15) is 39.2 Å². The molecule has 23 heavy (non-hydrogen) atoms. The summed E-state index contributed by atoms with van der Waals surface area (Å²) in [5, 5.41) is 7.00. The maximum Gasteiger partial charge on any atom is 0.127 e. The highest BCUT2D eigenvalue weighted by molar-refractivity contribution is 5.36. The van der Waals surface area contributed by atoms with Crippen LogP contribution in [0.4, 0.5) is 0 Å². The van der Waals surface area contributed by atoms with Gasteiger partial charge in [0.15, 0.2) is 0 Å². The SMILES string of the molecule is CCc1ccc(Oc2ccc(OC(CC)CC)cc2)cc1.CO. The summed E-state index contributed by atoms with van der Waals surface area (Å²) in [4.78, 5) is 0. The zero-order chi connectivity index (χ0) is 17.1. The molecule has 0 unspecified atom stereocenters. The first kappa shape index (κ1) is 19.0. The van der Waals surface area contributed by atoms with Gasteiger partial charge in [-0.25, -0.2) is 0 Å². The van der Waals surface area contributed by atoms with Gasteiger partial charge in [-0.1, -0.05) is 32.9 Å². The minimum Gasteiger partial charge on any atom is -0.490 e. The molecule has 0 amide bonds. The van der Waals surface area contributed by atoms with Crippen molar-refractivity contribution in [2.45, 2.75) is 46.1 Å². The Hall–Kier alpha value is -2.00. The van der Waals surface area contributed by atoms with Crippen molar-refractivity contribution in [1.29, 1.82) is 0 Å². The highest BCUT2D eigenvalue weighted by Crippen LogP contribution is 2.25. The number of benzene rings is 2. The molecular formula is C20H28O3. The second kappa shape index (κ2) is 10.7. The molecule has 2 rings (SSSR count). The van der Waals surface area contributed by atoms with Crippen LogP contribution >= 0.6 is 0 Å². The average molecular weight is 316 g/mol. The molecule has 0 bridgehead atoms. The Morgan fingerprint density at radius 2 is 1.17 bits per heavy atom. The Morgan fingerprint density at radius 1 is 0.739 bits per heavy atom. The number of aryl methyl sites for hydroxylation is 1. The van der Waals surface area contributed by atoms with Gasteiger partial charge in [0.2, 0.25) is 0 Å². The molecule has 0 saturated heterocycles. The molecule has 126 valence electrons. The van der Waals surface area contributed by atoms with E-state index in [9.17, 15) is 0 Å². The van der Waals surface area contributed by atoms with Crippen LogP contribution in [0.25, 0.3) is 0 Å². The molecule has 0 fully saturated rings. The summed E-state index contributed by atoms with van der Waals surface area (Å²) >= 11 is 0. The minimum absolute atomic E-state index is 0.290. The smallest absolute Gasteiger partial charge is 0.127 e. The van der Waals surface area contributed by atoms with Crippen molar-refractivity contribution in [3.63, 3.8) is 0 Å². The van der Waals surface area contributed by atoms with E-state index >= 15 is 0 Å². The molecule has 0 spiro atoms. The van der Waals surface area contributed by atoms with Crippen molar-refractivity contribution in [3.05, 3.63) is 54.1 Å². The predicted octanol–water partition coefficient (Wildman–Crippen LogP) is 5.22. The van der Waals surface area contributed by atoms with Crippen LogP contribution in [0.5, 0.6) is 17.2 Å². The van der Waals surface area contributed by atoms with Gasteiger partial charge in [-0.2, -0.15) is 0 Å². The fourth-order valence-corrected chi connectivity index (χ4v) is 2.16. The van der Waals surface area contributed by atoms with Crippen LogP contribution in [0.15, 0.2) is 48.5 Å². The first-order valence-corrected chi connectivity index (χ1v) is 8.23. The normalized spacial score (nSPS) is 10.0. The van der Waals surface area contributed by atoms with E-state index < -0.39 is 0 Å². The third-order valence-corrected chi connectivity index (χ3v) is 3.60. The van der Waals surface area contributed by atoms with E-state index in [0.29, 0.717) is 6.10 Å². The van der Waals surface area contributed by atoms with Gasteiger partial charge in [0.1, 0.15) is 17.2 Å². The Labute approximate surface area is 139 Å². The van der Waals surface area contributed by atoms with Crippen molar-refractivity contribution in [1.82, 2.24) is 0 Å². The van der Waals surface area contributed by atoms with Crippen LogP contribution in [0.3, 0.4) is 0 Å². The van der Waals surface area contributed by atoms with E-state index in [4.69, 9.17) is 14.6 Å². The summed E-state index contributed by atoms with van der Waals surface area (Å²) < 4.78 is 11.7. The van der Waals surface area contributed by atoms with Crippen LogP contribution < -0.4 is 9.47 Å². The Balaban J connectivity index is 0.00000127. The van der Waals surface area contributed by atoms with Crippen molar-refractivity contribution in [2.75, 3.05) is 7.11 Å². The molecule has 3 heteroatoms. The highest BCUT2D eigenvalue weighted by Gasteiger charge is 2.05. The second-order valence-electron chi connectivity index (χ2n) is 5.13. The molecule has 1 N–H and O–H groups in total. The quantitative estimate of drug-likeness (QED) is 0.761. The predicted molar refractivity (Wildman–Crippen MR) is 95.5 cm³/mol. The number of rotatable bonds is 7. The van der Waals surface area contributed by atoms with Crippen molar-refractivity contribution in [2.24, 2.45) is 0 Å². The van der Waals surface area contributed by atoms with Gasteiger partial charge in [-0.05, 0) is 61.2 Å². The minimum atomic E-state index is 0.290. The molecule has 0 aromatic heterocycles. The van der Waals surface area contributed by atoms with E-state index in [2.05, 4.69) is 32.9 Å². The van der Waals surface area contributed by atoms with E-state index in [-0.39, 0.29) is 0 Å². The lowest BCUT2D eigenvalue weighted by Crippen LogP contribution is -2.13. The number of aliphatic hydroxyl groups is 1. The molecule has 2 aromatic carbocycles. The highest BCUT2D eigenvalue weighted by atomic mass is 16.5. The first-order valence-electron chi connectivity index (χ1n) is 8.23. The van der Waals surface area contributed by atoms with Gasteiger partial charge in [-0.15, -0.1) is 0 Å². The zero-order valence-electron chi connectivity index (χ0n) is 14.6. The lowest BCUT2D eigenvalue weighted by Gasteiger charge is -2.15.